The lowest BCUT2D eigenvalue weighted by molar-refractivity contribution is 0.0712. The molecule has 146 valence electrons. The summed E-state index contributed by atoms with van der Waals surface area (Å²) >= 11 is 0. The Balaban J connectivity index is 1.70. The Hall–Kier alpha value is -3.22. The number of nitrogens with zero attached hydrogens (tertiary/aromatic N) is 2. The molecule has 1 fully saturated rings. The second-order valence-corrected chi connectivity index (χ2v) is 7.20. The van der Waals surface area contributed by atoms with Crippen molar-refractivity contribution in [2.24, 2.45) is 5.73 Å². The number of nitrogens with two attached hydrogens (primary N) is 1. The molecule has 3 rings (SSSR count). The van der Waals surface area contributed by atoms with Crippen molar-refractivity contribution in [1.29, 1.82) is 5.41 Å². The molecule has 0 unspecified atom stereocenters. The quantitative estimate of drug-likeness (QED) is 0.561. The molecule has 0 aliphatic carbocycles. The zero-order valence-electron chi connectivity index (χ0n) is 16.2. The first kappa shape index (κ1) is 19.5. The van der Waals surface area contributed by atoms with Gasteiger partial charge in [-0.1, -0.05) is 6.07 Å². The normalized spacial score (nSPS) is 14.6. The number of aryl methyl sites for hydroxylation is 2. The number of rotatable bonds is 3. The smallest absolute Gasteiger partial charge is 0.258 e. The minimum absolute atomic E-state index is 0.0238. The van der Waals surface area contributed by atoms with Gasteiger partial charge in [-0.3, -0.25) is 25.3 Å². The van der Waals surface area contributed by atoms with Gasteiger partial charge >= 0.3 is 0 Å². The number of carbonyl (C=O) groups excluding carboxylic acids is 2. The summed E-state index contributed by atoms with van der Waals surface area (Å²) in [5, 5.41) is 9.56. The maximum Gasteiger partial charge on any atom is 0.258 e. The molecule has 0 atom stereocenters. The fourth-order valence-electron chi connectivity index (χ4n) is 3.78. The largest absolute Gasteiger partial charge is 0.370 e. The number of hydrogen-bond donors (Lipinski definition) is 3. The summed E-state index contributed by atoms with van der Waals surface area (Å²) in [6, 6.07) is 7.47. The number of amides is 2. The Morgan fingerprint density at radius 3 is 2.54 bits per heavy atom. The van der Waals surface area contributed by atoms with Gasteiger partial charge in [0.1, 0.15) is 0 Å². The average Bonchev–Trinajstić information content (AvgIpc) is 2.69. The average molecular weight is 379 g/mol. The first-order valence-corrected chi connectivity index (χ1v) is 9.32. The summed E-state index contributed by atoms with van der Waals surface area (Å²) in [7, 11) is 0. The highest BCUT2D eigenvalue weighted by molar-refractivity contribution is 6.05. The minimum atomic E-state index is -0.364. The second-order valence-electron chi connectivity index (χ2n) is 7.20. The van der Waals surface area contributed by atoms with Crippen LogP contribution in [0.1, 0.15) is 56.2 Å². The van der Waals surface area contributed by atoms with Gasteiger partial charge < -0.3 is 10.6 Å². The van der Waals surface area contributed by atoms with Crippen molar-refractivity contribution in [3.05, 3.63) is 64.5 Å². The molecule has 2 aromatic rings. The van der Waals surface area contributed by atoms with Gasteiger partial charge in [0, 0.05) is 31.0 Å². The molecular weight excluding hydrogens is 354 g/mol. The third-order valence-electron chi connectivity index (χ3n) is 5.24. The summed E-state index contributed by atoms with van der Waals surface area (Å²) in [6.07, 6.45) is 5.03. The van der Waals surface area contributed by atoms with Gasteiger partial charge in [-0.2, -0.15) is 0 Å². The Morgan fingerprint density at radius 2 is 1.93 bits per heavy atom. The molecule has 1 aromatic carbocycles. The SMILES string of the molecule is Cc1cc(C2CCN(C(=O)c3cccnc3)CC2)c(C)cc1C(=O)NC(=N)N. The van der Waals surface area contributed by atoms with Crippen LogP contribution < -0.4 is 11.1 Å². The van der Waals surface area contributed by atoms with Crippen LogP contribution in [0.4, 0.5) is 0 Å². The van der Waals surface area contributed by atoms with E-state index in [1.165, 1.54) is 5.56 Å². The zero-order chi connectivity index (χ0) is 20.3. The minimum Gasteiger partial charge on any atom is -0.370 e. The topological polar surface area (TPSA) is 112 Å². The van der Waals surface area contributed by atoms with Crippen molar-refractivity contribution >= 4 is 17.8 Å². The van der Waals surface area contributed by atoms with Crippen LogP contribution in [0.15, 0.2) is 36.7 Å². The van der Waals surface area contributed by atoms with Crippen molar-refractivity contribution in [1.82, 2.24) is 15.2 Å². The standard InChI is InChI=1S/C21H25N5O2/c1-13-11-18(19(27)25-21(22)23)14(2)10-17(13)15-5-8-26(9-6-15)20(28)16-4-3-7-24-12-16/h3-4,7,10-12,15H,5-6,8-9H2,1-2H3,(H4,22,23,25,27). The van der Waals surface area contributed by atoms with Crippen molar-refractivity contribution in [3.8, 4) is 0 Å². The van der Waals surface area contributed by atoms with Crippen molar-refractivity contribution in [3.63, 3.8) is 0 Å². The van der Waals surface area contributed by atoms with Gasteiger partial charge in [-0.25, -0.2) is 0 Å². The third kappa shape index (κ3) is 4.19. The highest BCUT2D eigenvalue weighted by atomic mass is 16.2. The van der Waals surface area contributed by atoms with Crippen molar-refractivity contribution in [2.45, 2.75) is 32.6 Å². The third-order valence-corrected chi connectivity index (χ3v) is 5.24. The van der Waals surface area contributed by atoms with Crippen LogP contribution >= 0.6 is 0 Å². The van der Waals surface area contributed by atoms with E-state index in [4.69, 9.17) is 11.1 Å². The molecule has 4 N–H and O–H groups in total. The van der Waals surface area contributed by atoms with Crippen molar-refractivity contribution in [2.75, 3.05) is 13.1 Å². The Kier molecular flexibility index (Phi) is 5.73. The van der Waals surface area contributed by atoms with Gasteiger partial charge in [0.05, 0.1) is 5.56 Å². The summed E-state index contributed by atoms with van der Waals surface area (Å²) in [4.78, 5) is 30.7. The van der Waals surface area contributed by atoms with E-state index >= 15 is 0 Å². The molecular formula is C21H25N5O2. The molecule has 0 radical (unpaired) electrons. The molecule has 1 aliphatic heterocycles. The van der Waals surface area contributed by atoms with Crippen LogP contribution in [0.25, 0.3) is 0 Å². The molecule has 2 amide bonds. The van der Waals surface area contributed by atoms with E-state index in [9.17, 15) is 9.59 Å². The van der Waals surface area contributed by atoms with Gasteiger partial charge in [0.2, 0.25) is 0 Å². The lowest BCUT2D eigenvalue weighted by Gasteiger charge is -2.33. The number of piperidine rings is 1. The Labute approximate surface area is 164 Å². The Bertz CT molecular complexity index is 903. The first-order chi connectivity index (χ1) is 13.4. The molecule has 28 heavy (non-hydrogen) atoms. The van der Waals surface area contributed by atoms with Crippen molar-refractivity contribution < 1.29 is 9.59 Å². The fraction of sp³-hybridized carbons (Fsp3) is 0.333. The number of carbonyl (C=O) groups is 2. The summed E-state index contributed by atoms with van der Waals surface area (Å²) in [6.45, 7) is 5.28. The van der Waals surface area contributed by atoms with Crippen LogP contribution in [0, 0.1) is 19.3 Å². The van der Waals surface area contributed by atoms with E-state index in [1.54, 1.807) is 24.5 Å². The molecule has 1 saturated heterocycles. The molecule has 0 saturated carbocycles. The van der Waals surface area contributed by atoms with Crippen LogP contribution in [0.3, 0.4) is 0 Å². The number of aromatic nitrogens is 1. The van der Waals surface area contributed by atoms with Crippen LogP contribution in [-0.2, 0) is 0 Å². The monoisotopic (exact) mass is 379 g/mol. The maximum absolute atomic E-state index is 12.6. The fourth-order valence-corrected chi connectivity index (χ4v) is 3.78. The van der Waals surface area contributed by atoms with Crippen LogP contribution in [-0.4, -0.2) is 40.7 Å². The number of nitrogens with one attached hydrogen (secondary N) is 2. The number of guanidine groups is 1. The summed E-state index contributed by atoms with van der Waals surface area (Å²) in [5.74, 6) is -0.356. The number of hydrogen-bond acceptors (Lipinski definition) is 4. The number of pyridine rings is 1. The molecule has 2 heterocycles. The van der Waals surface area contributed by atoms with Gasteiger partial charge in [-0.15, -0.1) is 0 Å². The van der Waals surface area contributed by atoms with E-state index in [0.29, 0.717) is 30.1 Å². The lowest BCUT2D eigenvalue weighted by Crippen LogP contribution is -2.38. The van der Waals surface area contributed by atoms with E-state index in [2.05, 4.69) is 10.3 Å². The molecule has 7 nitrogen and oxygen atoms in total. The van der Waals surface area contributed by atoms with Crippen LogP contribution in [0.2, 0.25) is 0 Å². The molecule has 7 heteroatoms. The summed E-state index contributed by atoms with van der Waals surface area (Å²) < 4.78 is 0. The number of likely N-dealkylation sites (tertiary alicyclic amines) is 1. The Morgan fingerprint density at radius 1 is 1.21 bits per heavy atom. The predicted octanol–water partition coefficient (Wildman–Crippen LogP) is 2.34. The van der Waals surface area contributed by atoms with E-state index < -0.39 is 0 Å². The molecule has 1 aromatic heterocycles. The van der Waals surface area contributed by atoms with Gasteiger partial charge in [0.25, 0.3) is 11.8 Å². The number of benzene rings is 1. The lowest BCUT2D eigenvalue weighted by atomic mass is 9.84. The van der Waals surface area contributed by atoms with E-state index in [1.807, 2.05) is 30.9 Å². The highest BCUT2D eigenvalue weighted by Gasteiger charge is 2.26. The van der Waals surface area contributed by atoms with Gasteiger partial charge in [-0.05, 0) is 67.5 Å². The van der Waals surface area contributed by atoms with E-state index in [0.717, 1.165) is 24.0 Å². The predicted molar refractivity (Wildman–Crippen MR) is 107 cm³/mol. The molecule has 0 bridgehead atoms. The van der Waals surface area contributed by atoms with E-state index in [-0.39, 0.29) is 17.8 Å². The first-order valence-electron chi connectivity index (χ1n) is 9.32. The zero-order valence-corrected chi connectivity index (χ0v) is 16.2. The highest BCUT2D eigenvalue weighted by Crippen LogP contribution is 2.32. The molecule has 0 spiro atoms. The molecule has 1 aliphatic rings. The van der Waals surface area contributed by atoms with Gasteiger partial charge in [0.15, 0.2) is 5.96 Å². The maximum atomic E-state index is 12.6. The second kappa shape index (κ2) is 8.21. The van der Waals surface area contributed by atoms with Crippen LogP contribution in [0.5, 0.6) is 0 Å². The summed E-state index contributed by atoms with van der Waals surface area (Å²) in [5.41, 5.74) is 9.51.